The molecule has 1 aromatic heterocycles. The van der Waals surface area contributed by atoms with E-state index in [1.807, 2.05) is 19.9 Å². The SMILES string of the molecule is CCCCNC(=O)c1cccnc1Oc1cccc(NS(=O)(=O)c2cc(C)ccc2C)c1. The third-order valence-electron chi connectivity index (χ3n) is 4.77. The van der Waals surface area contributed by atoms with Gasteiger partial charge in [-0.25, -0.2) is 13.4 Å². The maximum absolute atomic E-state index is 12.9. The van der Waals surface area contributed by atoms with E-state index in [9.17, 15) is 13.2 Å². The summed E-state index contributed by atoms with van der Waals surface area (Å²) in [4.78, 5) is 16.9. The third-order valence-corrected chi connectivity index (χ3v) is 6.29. The summed E-state index contributed by atoms with van der Waals surface area (Å²) < 4.78 is 34.2. The van der Waals surface area contributed by atoms with Crippen LogP contribution in [-0.2, 0) is 10.0 Å². The van der Waals surface area contributed by atoms with Crippen LogP contribution in [0.2, 0.25) is 0 Å². The highest BCUT2D eigenvalue weighted by atomic mass is 32.2. The van der Waals surface area contributed by atoms with Gasteiger partial charge in [0.25, 0.3) is 15.9 Å². The predicted octanol–water partition coefficient (Wildman–Crippen LogP) is 4.82. The minimum atomic E-state index is -3.78. The van der Waals surface area contributed by atoms with E-state index in [0.29, 0.717) is 29.1 Å². The summed E-state index contributed by atoms with van der Waals surface area (Å²) in [5.41, 5.74) is 2.16. The second kappa shape index (κ2) is 10.3. The summed E-state index contributed by atoms with van der Waals surface area (Å²) in [5, 5.41) is 2.85. The third kappa shape index (κ3) is 5.85. The molecule has 3 aromatic rings. The van der Waals surface area contributed by atoms with Crippen molar-refractivity contribution in [2.75, 3.05) is 11.3 Å². The smallest absolute Gasteiger partial charge is 0.262 e. The highest BCUT2D eigenvalue weighted by molar-refractivity contribution is 7.92. The predicted molar refractivity (Wildman–Crippen MR) is 125 cm³/mol. The van der Waals surface area contributed by atoms with Crippen LogP contribution in [0.3, 0.4) is 0 Å². The molecule has 8 heteroatoms. The molecule has 1 heterocycles. The number of carbonyl (C=O) groups is 1. The minimum Gasteiger partial charge on any atom is -0.438 e. The molecular formula is C24H27N3O4S. The average molecular weight is 454 g/mol. The summed E-state index contributed by atoms with van der Waals surface area (Å²) in [6.45, 7) is 6.21. The summed E-state index contributed by atoms with van der Waals surface area (Å²) in [6, 6.07) is 15.1. The van der Waals surface area contributed by atoms with Crippen molar-refractivity contribution in [1.82, 2.24) is 10.3 Å². The molecule has 3 rings (SSSR count). The van der Waals surface area contributed by atoms with Gasteiger partial charge in [0.1, 0.15) is 11.3 Å². The Bertz CT molecular complexity index is 1210. The van der Waals surface area contributed by atoms with E-state index in [4.69, 9.17) is 4.74 Å². The van der Waals surface area contributed by atoms with Crippen LogP contribution in [0.1, 0.15) is 41.3 Å². The number of sulfonamides is 1. The number of hydrogen-bond donors (Lipinski definition) is 2. The fourth-order valence-electron chi connectivity index (χ4n) is 3.06. The standard InChI is InChI=1S/C24H27N3O4S/c1-4-5-13-25-23(28)21-10-7-14-26-24(21)31-20-9-6-8-19(16-20)27-32(29,30)22-15-17(2)11-12-18(22)3/h6-12,14-16,27H,4-5,13H2,1-3H3,(H,25,28). The number of nitrogens with one attached hydrogen (secondary N) is 2. The van der Waals surface area contributed by atoms with E-state index in [1.165, 1.54) is 6.20 Å². The molecule has 7 nitrogen and oxygen atoms in total. The Morgan fingerprint density at radius 1 is 1.06 bits per heavy atom. The number of aryl methyl sites for hydroxylation is 2. The monoisotopic (exact) mass is 453 g/mol. The van der Waals surface area contributed by atoms with Gasteiger partial charge in [-0.05, 0) is 61.7 Å². The van der Waals surface area contributed by atoms with Gasteiger partial charge in [-0.1, -0.05) is 31.5 Å². The van der Waals surface area contributed by atoms with Gasteiger partial charge >= 0.3 is 0 Å². The van der Waals surface area contributed by atoms with E-state index in [2.05, 4.69) is 15.0 Å². The van der Waals surface area contributed by atoms with Crippen molar-refractivity contribution in [1.29, 1.82) is 0 Å². The van der Waals surface area contributed by atoms with E-state index >= 15 is 0 Å². The molecule has 0 saturated carbocycles. The average Bonchev–Trinajstić information content (AvgIpc) is 2.76. The largest absolute Gasteiger partial charge is 0.438 e. The number of pyridine rings is 1. The molecule has 0 atom stereocenters. The Labute approximate surface area is 188 Å². The topological polar surface area (TPSA) is 97.4 Å². The van der Waals surface area contributed by atoms with Crippen LogP contribution in [0, 0.1) is 13.8 Å². The fraction of sp³-hybridized carbons (Fsp3) is 0.250. The van der Waals surface area contributed by atoms with Crippen LogP contribution in [0.25, 0.3) is 0 Å². The second-order valence-corrected chi connectivity index (χ2v) is 9.12. The summed E-state index contributed by atoms with van der Waals surface area (Å²) >= 11 is 0. The molecule has 2 N–H and O–H groups in total. The number of anilines is 1. The maximum Gasteiger partial charge on any atom is 0.262 e. The first-order chi connectivity index (χ1) is 15.3. The number of aromatic nitrogens is 1. The van der Waals surface area contributed by atoms with Gasteiger partial charge < -0.3 is 10.1 Å². The Balaban J connectivity index is 1.81. The molecule has 0 aliphatic rings. The zero-order valence-corrected chi connectivity index (χ0v) is 19.2. The molecule has 0 unspecified atom stereocenters. The van der Waals surface area contributed by atoms with Gasteiger partial charge in [0.2, 0.25) is 5.88 Å². The molecule has 2 aromatic carbocycles. The number of rotatable bonds is 9. The van der Waals surface area contributed by atoms with Crippen LogP contribution in [0.15, 0.2) is 65.7 Å². The van der Waals surface area contributed by atoms with Crippen LogP contribution in [-0.4, -0.2) is 25.9 Å². The molecule has 32 heavy (non-hydrogen) atoms. The van der Waals surface area contributed by atoms with Crippen molar-refractivity contribution >= 4 is 21.6 Å². The van der Waals surface area contributed by atoms with Crippen molar-refractivity contribution in [3.63, 3.8) is 0 Å². The molecule has 0 radical (unpaired) electrons. The van der Waals surface area contributed by atoms with Gasteiger partial charge in [0, 0.05) is 18.8 Å². The zero-order valence-electron chi connectivity index (χ0n) is 18.4. The minimum absolute atomic E-state index is 0.149. The number of carbonyl (C=O) groups excluding carboxylic acids is 1. The van der Waals surface area contributed by atoms with Gasteiger partial charge in [-0.2, -0.15) is 0 Å². The summed E-state index contributed by atoms with van der Waals surface area (Å²) in [7, 11) is -3.78. The van der Waals surface area contributed by atoms with Crippen LogP contribution < -0.4 is 14.8 Å². The van der Waals surface area contributed by atoms with Gasteiger partial charge in [0.05, 0.1) is 10.6 Å². The van der Waals surface area contributed by atoms with E-state index in [-0.39, 0.29) is 16.7 Å². The van der Waals surface area contributed by atoms with Crippen molar-refractivity contribution in [3.05, 3.63) is 77.5 Å². The Morgan fingerprint density at radius 2 is 1.88 bits per heavy atom. The Kier molecular flexibility index (Phi) is 7.48. The molecule has 0 spiro atoms. The maximum atomic E-state index is 12.9. The normalized spacial score (nSPS) is 11.1. The summed E-state index contributed by atoms with van der Waals surface area (Å²) in [6.07, 6.45) is 3.39. The molecular weight excluding hydrogens is 426 g/mol. The van der Waals surface area contributed by atoms with Crippen molar-refractivity contribution in [2.24, 2.45) is 0 Å². The van der Waals surface area contributed by atoms with Gasteiger partial charge in [-0.3, -0.25) is 9.52 Å². The number of ether oxygens (including phenoxy) is 1. The molecule has 0 saturated heterocycles. The van der Waals surface area contributed by atoms with Crippen LogP contribution in [0.4, 0.5) is 5.69 Å². The van der Waals surface area contributed by atoms with Crippen LogP contribution >= 0.6 is 0 Å². The molecule has 0 fully saturated rings. The molecule has 0 aliphatic carbocycles. The summed E-state index contributed by atoms with van der Waals surface area (Å²) in [5.74, 6) is 0.233. The molecule has 0 aliphatic heterocycles. The van der Waals surface area contributed by atoms with E-state index in [1.54, 1.807) is 55.5 Å². The molecule has 1 amide bonds. The molecule has 0 bridgehead atoms. The Hall–Kier alpha value is -3.39. The van der Waals surface area contributed by atoms with E-state index < -0.39 is 10.0 Å². The van der Waals surface area contributed by atoms with E-state index in [0.717, 1.165) is 18.4 Å². The number of amides is 1. The quantitative estimate of drug-likeness (QED) is 0.453. The van der Waals surface area contributed by atoms with Crippen molar-refractivity contribution in [3.8, 4) is 11.6 Å². The first-order valence-corrected chi connectivity index (χ1v) is 11.9. The first kappa shape index (κ1) is 23.3. The molecule has 168 valence electrons. The second-order valence-electron chi connectivity index (χ2n) is 7.47. The van der Waals surface area contributed by atoms with Crippen LogP contribution in [0.5, 0.6) is 11.6 Å². The lowest BCUT2D eigenvalue weighted by atomic mass is 10.2. The highest BCUT2D eigenvalue weighted by Gasteiger charge is 2.18. The first-order valence-electron chi connectivity index (χ1n) is 10.4. The number of unbranched alkanes of at least 4 members (excludes halogenated alkanes) is 1. The zero-order chi connectivity index (χ0) is 23.1. The lowest BCUT2D eigenvalue weighted by molar-refractivity contribution is 0.0950. The number of nitrogens with zero attached hydrogens (tertiary/aromatic N) is 1. The Morgan fingerprint density at radius 3 is 2.66 bits per heavy atom. The highest BCUT2D eigenvalue weighted by Crippen LogP contribution is 2.27. The van der Waals surface area contributed by atoms with Crippen molar-refractivity contribution < 1.29 is 17.9 Å². The van der Waals surface area contributed by atoms with Gasteiger partial charge in [0.15, 0.2) is 0 Å². The number of hydrogen-bond acceptors (Lipinski definition) is 5. The number of benzene rings is 2. The lowest BCUT2D eigenvalue weighted by Crippen LogP contribution is -2.24. The van der Waals surface area contributed by atoms with Crippen molar-refractivity contribution in [2.45, 2.75) is 38.5 Å². The lowest BCUT2D eigenvalue weighted by Gasteiger charge is -2.13. The fourth-order valence-corrected chi connectivity index (χ4v) is 4.44. The van der Waals surface area contributed by atoms with Gasteiger partial charge in [-0.15, -0.1) is 0 Å².